The summed E-state index contributed by atoms with van der Waals surface area (Å²) in [5.74, 6) is 1.40. The summed E-state index contributed by atoms with van der Waals surface area (Å²) in [4.78, 5) is 21.4. The van der Waals surface area contributed by atoms with Crippen LogP contribution in [-0.4, -0.2) is 56.6 Å². The number of likely N-dealkylation sites (tertiary alicyclic amines) is 2. The van der Waals surface area contributed by atoms with Gasteiger partial charge in [-0.25, -0.2) is 0 Å². The number of carbonyl (C=O) groups excluding carboxylic acids is 1. The van der Waals surface area contributed by atoms with Crippen molar-refractivity contribution in [1.82, 2.24) is 25.0 Å². The van der Waals surface area contributed by atoms with E-state index < -0.39 is 0 Å². The molecule has 0 unspecified atom stereocenters. The van der Waals surface area contributed by atoms with Crippen molar-refractivity contribution in [3.63, 3.8) is 0 Å². The van der Waals surface area contributed by atoms with Crippen LogP contribution in [0.2, 0.25) is 0 Å². The maximum Gasteiger partial charge on any atom is 0.249 e. The lowest BCUT2D eigenvalue weighted by atomic mass is 9.78. The Labute approximate surface area is 153 Å². The van der Waals surface area contributed by atoms with Crippen molar-refractivity contribution in [3.05, 3.63) is 30.4 Å². The Morgan fingerprint density at radius 1 is 1.27 bits per heavy atom. The fourth-order valence-corrected chi connectivity index (χ4v) is 4.18. The number of hydrogen-bond donors (Lipinski definition) is 0. The Morgan fingerprint density at radius 3 is 2.92 bits per heavy atom. The van der Waals surface area contributed by atoms with Gasteiger partial charge in [0.1, 0.15) is 0 Å². The smallest absolute Gasteiger partial charge is 0.249 e. The summed E-state index contributed by atoms with van der Waals surface area (Å²) in [6, 6.07) is 4.02. The van der Waals surface area contributed by atoms with Crippen LogP contribution in [0.4, 0.5) is 0 Å². The van der Waals surface area contributed by atoms with Crippen LogP contribution in [0.15, 0.2) is 28.9 Å². The van der Waals surface area contributed by atoms with E-state index in [0.29, 0.717) is 24.2 Å². The molecule has 138 valence electrons. The second-order valence-corrected chi connectivity index (χ2v) is 7.68. The summed E-state index contributed by atoms with van der Waals surface area (Å²) in [6.07, 6.45) is 6.41. The van der Waals surface area contributed by atoms with Gasteiger partial charge in [0.05, 0.1) is 17.5 Å². The summed E-state index contributed by atoms with van der Waals surface area (Å²) >= 11 is 0. The van der Waals surface area contributed by atoms with E-state index >= 15 is 0 Å². The van der Waals surface area contributed by atoms with E-state index in [1.165, 1.54) is 0 Å². The molecule has 26 heavy (non-hydrogen) atoms. The van der Waals surface area contributed by atoms with Crippen LogP contribution in [-0.2, 0) is 11.3 Å². The zero-order valence-electron chi connectivity index (χ0n) is 15.4. The summed E-state index contributed by atoms with van der Waals surface area (Å²) < 4.78 is 5.79. The minimum Gasteiger partial charge on any atom is -0.419 e. The zero-order chi connectivity index (χ0) is 18.1. The molecule has 1 spiro atoms. The van der Waals surface area contributed by atoms with Crippen molar-refractivity contribution in [2.75, 3.05) is 19.6 Å². The number of piperidine rings is 1. The minimum absolute atomic E-state index is 0.227. The molecule has 0 radical (unpaired) electrons. The van der Waals surface area contributed by atoms with Crippen molar-refractivity contribution in [1.29, 1.82) is 0 Å². The van der Waals surface area contributed by atoms with Crippen molar-refractivity contribution in [2.45, 2.75) is 45.7 Å². The third-order valence-electron chi connectivity index (χ3n) is 5.56. The normalized spacial score (nSPS) is 24.1. The Morgan fingerprint density at radius 2 is 2.15 bits per heavy atom. The lowest BCUT2D eigenvalue weighted by molar-refractivity contribution is -0.147. The first-order valence-electron chi connectivity index (χ1n) is 9.34. The molecule has 4 heterocycles. The van der Waals surface area contributed by atoms with Crippen LogP contribution >= 0.6 is 0 Å². The molecule has 0 aromatic carbocycles. The Balaban J connectivity index is 1.43. The van der Waals surface area contributed by atoms with E-state index in [9.17, 15) is 4.79 Å². The second kappa shape index (κ2) is 6.79. The van der Waals surface area contributed by atoms with Gasteiger partial charge in [0.25, 0.3) is 0 Å². The van der Waals surface area contributed by atoms with Gasteiger partial charge >= 0.3 is 0 Å². The maximum absolute atomic E-state index is 13.0. The molecule has 4 rings (SSSR count). The number of pyridine rings is 1. The van der Waals surface area contributed by atoms with Crippen molar-refractivity contribution >= 4 is 5.91 Å². The van der Waals surface area contributed by atoms with Crippen LogP contribution in [0.3, 0.4) is 0 Å². The van der Waals surface area contributed by atoms with Crippen LogP contribution in [0, 0.1) is 5.41 Å². The number of hydrogen-bond acceptors (Lipinski definition) is 6. The Hall–Kier alpha value is -2.28. The van der Waals surface area contributed by atoms with E-state index in [2.05, 4.69) is 33.9 Å². The van der Waals surface area contributed by atoms with Gasteiger partial charge in [0.2, 0.25) is 17.7 Å². The summed E-state index contributed by atoms with van der Waals surface area (Å²) in [6.45, 7) is 7.34. The third-order valence-corrected chi connectivity index (χ3v) is 5.56. The zero-order valence-corrected chi connectivity index (χ0v) is 15.4. The topological polar surface area (TPSA) is 75.4 Å². The molecule has 0 N–H and O–H groups in total. The molecule has 2 aliphatic rings. The fourth-order valence-electron chi connectivity index (χ4n) is 4.18. The number of aromatic nitrogens is 3. The van der Waals surface area contributed by atoms with Gasteiger partial charge in [-0.1, -0.05) is 0 Å². The predicted molar refractivity (Wildman–Crippen MR) is 95.9 cm³/mol. The average Bonchev–Trinajstić information content (AvgIpc) is 3.26. The van der Waals surface area contributed by atoms with E-state index in [1.54, 1.807) is 12.4 Å². The standard InChI is InChI=1S/C19H25N5O2/c1-14(2)24-9-4-6-19(18(24)25)7-10-23(13-19)12-16-21-22-17(26-16)15-5-3-8-20-11-15/h3,5,8,11,14H,4,6-7,9-10,12-13H2,1-2H3/t19-/m0/s1. The summed E-state index contributed by atoms with van der Waals surface area (Å²) in [7, 11) is 0. The molecule has 2 aromatic heterocycles. The van der Waals surface area contributed by atoms with E-state index in [-0.39, 0.29) is 11.5 Å². The van der Waals surface area contributed by atoms with E-state index in [4.69, 9.17) is 4.42 Å². The summed E-state index contributed by atoms with van der Waals surface area (Å²) in [5.41, 5.74) is 0.591. The average molecular weight is 355 g/mol. The molecule has 0 saturated carbocycles. The molecule has 7 nitrogen and oxygen atoms in total. The van der Waals surface area contributed by atoms with Gasteiger partial charge in [0.15, 0.2) is 0 Å². The van der Waals surface area contributed by atoms with E-state index in [1.807, 2.05) is 17.0 Å². The fraction of sp³-hybridized carbons (Fsp3) is 0.579. The summed E-state index contributed by atoms with van der Waals surface area (Å²) in [5, 5.41) is 8.29. The first kappa shape index (κ1) is 17.1. The van der Waals surface area contributed by atoms with Gasteiger partial charge in [-0.2, -0.15) is 0 Å². The second-order valence-electron chi connectivity index (χ2n) is 7.68. The van der Waals surface area contributed by atoms with Crippen LogP contribution in [0.25, 0.3) is 11.5 Å². The van der Waals surface area contributed by atoms with Gasteiger partial charge < -0.3 is 9.32 Å². The molecular weight excluding hydrogens is 330 g/mol. The molecule has 1 atom stereocenters. The highest BCUT2D eigenvalue weighted by atomic mass is 16.4. The quantitative estimate of drug-likeness (QED) is 0.838. The highest BCUT2D eigenvalue weighted by molar-refractivity contribution is 5.84. The first-order valence-corrected chi connectivity index (χ1v) is 9.34. The molecule has 2 aliphatic heterocycles. The van der Waals surface area contributed by atoms with Crippen LogP contribution in [0.5, 0.6) is 0 Å². The largest absolute Gasteiger partial charge is 0.419 e. The molecule has 7 heteroatoms. The molecule has 2 saturated heterocycles. The first-order chi connectivity index (χ1) is 12.6. The van der Waals surface area contributed by atoms with Gasteiger partial charge in [0, 0.05) is 31.5 Å². The Bertz CT molecular complexity index is 775. The van der Waals surface area contributed by atoms with Gasteiger partial charge in [-0.05, 0) is 51.8 Å². The minimum atomic E-state index is -0.227. The molecule has 1 amide bonds. The number of amides is 1. The number of nitrogens with zero attached hydrogens (tertiary/aromatic N) is 5. The molecular formula is C19H25N5O2. The SMILES string of the molecule is CC(C)N1CCC[C@@]2(CCN(Cc3nnc(-c4cccnc4)o3)C2)C1=O. The van der Waals surface area contributed by atoms with Gasteiger partial charge in [-0.15, -0.1) is 10.2 Å². The molecule has 2 fully saturated rings. The number of carbonyl (C=O) groups is 1. The predicted octanol–water partition coefficient (Wildman–Crippen LogP) is 2.35. The molecule has 0 aliphatic carbocycles. The lowest BCUT2D eigenvalue weighted by Gasteiger charge is -2.41. The Kier molecular flexibility index (Phi) is 4.48. The monoisotopic (exact) mass is 355 g/mol. The molecule has 0 bridgehead atoms. The van der Waals surface area contributed by atoms with Crippen molar-refractivity contribution in [3.8, 4) is 11.5 Å². The van der Waals surface area contributed by atoms with Gasteiger partial charge in [-0.3, -0.25) is 14.7 Å². The maximum atomic E-state index is 13.0. The highest BCUT2D eigenvalue weighted by Gasteiger charge is 2.48. The molecule has 2 aromatic rings. The highest BCUT2D eigenvalue weighted by Crippen LogP contribution is 2.41. The van der Waals surface area contributed by atoms with Crippen molar-refractivity contribution in [2.24, 2.45) is 5.41 Å². The van der Waals surface area contributed by atoms with E-state index in [0.717, 1.165) is 44.5 Å². The van der Waals surface area contributed by atoms with Crippen molar-refractivity contribution < 1.29 is 9.21 Å². The lowest BCUT2D eigenvalue weighted by Crippen LogP contribution is -2.52. The van der Waals surface area contributed by atoms with Crippen LogP contribution < -0.4 is 0 Å². The third kappa shape index (κ3) is 3.11. The number of rotatable bonds is 4. The van der Waals surface area contributed by atoms with Crippen LogP contribution in [0.1, 0.15) is 39.0 Å².